The second-order valence-electron chi connectivity index (χ2n) is 3.25. The molecule has 0 aromatic heterocycles. The number of halogens is 1. The van der Waals surface area contributed by atoms with Crippen molar-refractivity contribution in [2.24, 2.45) is 5.73 Å². The second kappa shape index (κ2) is 4.39. The maximum Gasteiger partial charge on any atom is 0.162 e. The van der Waals surface area contributed by atoms with Gasteiger partial charge in [-0.15, -0.1) is 12.4 Å². The zero-order valence-corrected chi connectivity index (χ0v) is 8.13. The van der Waals surface area contributed by atoms with Crippen LogP contribution in [0.4, 0.5) is 0 Å². The summed E-state index contributed by atoms with van der Waals surface area (Å²) >= 11 is 0. The Morgan fingerprint density at radius 1 is 1.33 bits per heavy atom. The lowest BCUT2D eigenvalue weighted by atomic mass is 10.2. The fourth-order valence-corrected chi connectivity index (χ4v) is 0.859. The SMILES string of the molecule is CC1(C)OC[C@H](N)[C@@H](O)CO1.Cl. The molecule has 0 aromatic rings. The van der Waals surface area contributed by atoms with Crippen LogP contribution < -0.4 is 5.73 Å². The lowest BCUT2D eigenvalue weighted by molar-refractivity contribution is -0.203. The minimum absolute atomic E-state index is 0. The van der Waals surface area contributed by atoms with Crippen LogP contribution in [-0.4, -0.2) is 36.3 Å². The predicted molar refractivity (Wildman–Crippen MR) is 47.2 cm³/mol. The summed E-state index contributed by atoms with van der Waals surface area (Å²) in [5.74, 6) is -0.616. The third-order valence-corrected chi connectivity index (χ3v) is 1.72. The highest BCUT2D eigenvalue weighted by atomic mass is 35.5. The first-order valence-corrected chi connectivity index (χ1v) is 3.73. The standard InChI is InChI=1S/C7H15NO3.ClH/c1-7(2)10-3-5(8)6(9)4-11-7;/h5-6,9H,3-4,8H2,1-2H3;1H/t5-,6-;/m0./s1. The third kappa shape index (κ3) is 3.25. The van der Waals surface area contributed by atoms with Crippen molar-refractivity contribution in [1.82, 2.24) is 0 Å². The van der Waals surface area contributed by atoms with Crippen LogP contribution in [0.15, 0.2) is 0 Å². The molecule has 1 aliphatic heterocycles. The van der Waals surface area contributed by atoms with Crippen LogP contribution >= 0.6 is 12.4 Å². The van der Waals surface area contributed by atoms with Crippen LogP contribution in [0, 0.1) is 0 Å². The molecule has 0 bridgehead atoms. The van der Waals surface area contributed by atoms with Crippen molar-refractivity contribution in [2.75, 3.05) is 13.2 Å². The zero-order chi connectivity index (χ0) is 8.48. The topological polar surface area (TPSA) is 64.7 Å². The van der Waals surface area contributed by atoms with Gasteiger partial charge in [0.25, 0.3) is 0 Å². The molecule has 1 fully saturated rings. The molecule has 0 aliphatic carbocycles. The number of aliphatic hydroxyl groups is 1. The number of aliphatic hydroxyl groups excluding tert-OH is 1. The largest absolute Gasteiger partial charge is 0.389 e. The van der Waals surface area contributed by atoms with Crippen LogP contribution in [0.1, 0.15) is 13.8 Å². The van der Waals surface area contributed by atoms with E-state index in [2.05, 4.69) is 0 Å². The van der Waals surface area contributed by atoms with Gasteiger partial charge < -0.3 is 20.3 Å². The van der Waals surface area contributed by atoms with Gasteiger partial charge in [0.1, 0.15) is 0 Å². The Bertz CT molecular complexity index is 129. The van der Waals surface area contributed by atoms with Gasteiger partial charge in [0.2, 0.25) is 0 Å². The quantitative estimate of drug-likeness (QED) is 0.569. The first-order chi connectivity index (χ1) is 5.01. The Labute approximate surface area is 78.4 Å². The summed E-state index contributed by atoms with van der Waals surface area (Å²) in [5.41, 5.74) is 5.54. The maximum atomic E-state index is 9.26. The average molecular weight is 198 g/mol. The summed E-state index contributed by atoms with van der Waals surface area (Å²) < 4.78 is 10.5. The fraction of sp³-hybridized carbons (Fsp3) is 1.00. The van der Waals surface area contributed by atoms with E-state index in [0.29, 0.717) is 6.61 Å². The van der Waals surface area contributed by atoms with E-state index in [4.69, 9.17) is 15.2 Å². The molecule has 0 saturated carbocycles. The highest BCUT2D eigenvalue weighted by Crippen LogP contribution is 2.16. The molecule has 12 heavy (non-hydrogen) atoms. The van der Waals surface area contributed by atoms with Crippen LogP contribution in [0.25, 0.3) is 0 Å². The Balaban J connectivity index is 0.00000121. The number of nitrogens with two attached hydrogens (primary N) is 1. The fourth-order valence-electron chi connectivity index (χ4n) is 0.859. The smallest absolute Gasteiger partial charge is 0.162 e. The molecule has 0 amide bonds. The third-order valence-electron chi connectivity index (χ3n) is 1.72. The number of hydrogen-bond donors (Lipinski definition) is 2. The van der Waals surface area contributed by atoms with Gasteiger partial charge in [0, 0.05) is 0 Å². The molecule has 1 rings (SSSR count). The summed E-state index contributed by atoms with van der Waals surface area (Å²) in [6, 6.07) is -0.336. The second-order valence-corrected chi connectivity index (χ2v) is 3.25. The zero-order valence-electron chi connectivity index (χ0n) is 7.32. The molecule has 0 spiro atoms. The van der Waals surface area contributed by atoms with E-state index in [1.807, 2.05) is 0 Å². The van der Waals surface area contributed by atoms with Crippen molar-refractivity contribution in [2.45, 2.75) is 31.8 Å². The first-order valence-electron chi connectivity index (χ1n) is 3.73. The van der Waals surface area contributed by atoms with Gasteiger partial charge in [0.05, 0.1) is 25.4 Å². The van der Waals surface area contributed by atoms with Crippen LogP contribution in [0.5, 0.6) is 0 Å². The minimum Gasteiger partial charge on any atom is -0.389 e. The normalized spacial score (nSPS) is 35.0. The summed E-state index contributed by atoms with van der Waals surface area (Å²) in [7, 11) is 0. The van der Waals surface area contributed by atoms with Gasteiger partial charge in [-0.05, 0) is 13.8 Å². The van der Waals surface area contributed by atoms with Gasteiger partial charge in [-0.25, -0.2) is 0 Å². The van der Waals surface area contributed by atoms with E-state index in [0.717, 1.165) is 0 Å². The van der Waals surface area contributed by atoms with E-state index < -0.39 is 11.9 Å². The van der Waals surface area contributed by atoms with Crippen molar-refractivity contribution < 1.29 is 14.6 Å². The Hall–Kier alpha value is 0.130. The van der Waals surface area contributed by atoms with Crippen molar-refractivity contribution in [3.05, 3.63) is 0 Å². The van der Waals surface area contributed by atoms with Crippen molar-refractivity contribution >= 4 is 12.4 Å². The van der Waals surface area contributed by atoms with Gasteiger partial charge in [-0.2, -0.15) is 0 Å². The molecule has 1 aliphatic rings. The van der Waals surface area contributed by atoms with E-state index in [1.54, 1.807) is 13.8 Å². The van der Waals surface area contributed by atoms with E-state index in [9.17, 15) is 5.11 Å². The lowest BCUT2D eigenvalue weighted by Crippen LogP contribution is -2.39. The molecule has 0 radical (unpaired) electrons. The monoisotopic (exact) mass is 197 g/mol. The van der Waals surface area contributed by atoms with E-state index in [1.165, 1.54) is 0 Å². The summed E-state index contributed by atoms with van der Waals surface area (Å²) in [6.45, 7) is 4.19. The predicted octanol–water partition coefficient (Wildman–Crippen LogP) is -0.121. The summed E-state index contributed by atoms with van der Waals surface area (Å²) in [5, 5.41) is 9.26. The molecule has 0 unspecified atom stereocenters. The van der Waals surface area contributed by atoms with E-state index in [-0.39, 0.29) is 25.1 Å². The number of hydrogen-bond acceptors (Lipinski definition) is 4. The maximum absolute atomic E-state index is 9.26. The van der Waals surface area contributed by atoms with Crippen molar-refractivity contribution in [3.8, 4) is 0 Å². The highest BCUT2D eigenvalue weighted by Gasteiger charge is 2.28. The Morgan fingerprint density at radius 2 is 1.83 bits per heavy atom. The molecular formula is C7H16ClNO3. The van der Waals surface area contributed by atoms with E-state index >= 15 is 0 Å². The molecule has 5 heteroatoms. The average Bonchev–Trinajstić information content (AvgIpc) is 2.03. The molecular weight excluding hydrogens is 182 g/mol. The first kappa shape index (κ1) is 12.1. The van der Waals surface area contributed by atoms with Gasteiger partial charge in [-0.1, -0.05) is 0 Å². The highest BCUT2D eigenvalue weighted by molar-refractivity contribution is 5.85. The minimum atomic E-state index is -0.616. The van der Waals surface area contributed by atoms with Crippen LogP contribution in [0.3, 0.4) is 0 Å². The molecule has 0 aromatic carbocycles. The molecule has 74 valence electrons. The van der Waals surface area contributed by atoms with Crippen LogP contribution in [0.2, 0.25) is 0 Å². The van der Waals surface area contributed by atoms with Crippen LogP contribution in [-0.2, 0) is 9.47 Å². The summed E-state index contributed by atoms with van der Waals surface area (Å²) in [6.07, 6.45) is -0.614. The molecule has 1 heterocycles. The van der Waals surface area contributed by atoms with Crippen molar-refractivity contribution in [1.29, 1.82) is 0 Å². The summed E-state index contributed by atoms with van der Waals surface area (Å²) in [4.78, 5) is 0. The lowest BCUT2D eigenvalue weighted by Gasteiger charge is -2.22. The van der Waals surface area contributed by atoms with Gasteiger partial charge in [-0.3, -0.25) is 0 Å². The number of ether oxygens (including phenoxy) is 2. The molecule has 3 N–H and O–H groups in total. The van der Waals surface area contributed by atoms with Gasteiger partial charge >= 0.3 is 0 Å². The molecule has 2 atom stereocenters. The Kier molecular flexibility index (Phi) is 4.44. The van der Waals surface area contributed by atoms with Gasteiger partial charge in [0.15, 0.2) is 5.79 Å². The number of rotatable bonds is 0. The molecule has 4 nitrogen and oxygen atoms in total. The Morgan fingerprint density at radius 3 is 2.42 bits per heavy atom. The van der Waals surface area contributed by atoms with Crippen molar-refractivity contribution in [3.63, 3.8) is 0 Å². The molecule has 1 saturated heterocycles.